The number of likely N-dealkylation sites (N-methyl/N-ethyl adjacent to an activating group) is 1. The minimum atomic E-state index is -0.202. The van der Waals surface area contributed by atoms with Crippen molar-refractivity contribution in [2.45, 2.75) is 6.42 Å². The lowest BCUT2D eigenvalue weighted by molar-refractivity contribution is -0.128. The molecule has 5 nitrogen and oxygen atoms in total. The van der Waals surface area contributed by atoms with Crippen LogP contribution in [0.4, 0.5) is 0 Å². The van der Waals surface area contributed by atoms with E-state index in [4.69, 9.17) is 0 Å². The van der Waals surface area contributed by atoms with Crippen molar-refractivity contribution < 1.29 is 4.79 Å². The van der Waals surface area contributed by atoms with Crippen LogP contribution in [0.3, 0.4) is 0 Å². The van der Waals surface area contributed by atoms with Gasteiger partial charge in [0, 0.05) is 14.1 Å². The van der Waals surface area contributed by atoms with E-state index in [0.29, 0.717) is 16.0 Å². The molecule has 0 atom stereocenters. The first-order valence-electron chi connectivity index (χ1n) is 4.86. The second-order valence-corrected chi connectivity index (χ2v) is 6.17. The first kappa shape index (κ1) is 12.3. The molecular weight excluding hydrogens is 306 g/mol. The van der Waals surface area contributed by atoms with E-state index in [-0.39, 0.29) is 17.9 Å². The van der Waals surface area contributed by atoms with E-state index >= 15 is 0 Å². The van der Waals surface area contributed by atoms with Gasteiger partial charge in [-0.1, -0.05) is 0 Å². The molecule has 17 heavy (non-hydrogen) atoms. The van der Waals surface area contributed by atoms with Gasteiger partial charge in [0.1, 0.15) is 10.5 Å². The lowest BCUT2D eigenvalue weighted by Crippen LogP contribution is -2.25. The van der Waals surface area contributed by atoms with Crippen LogP contribution >= 0.6 is 27.3 Å². The number of hydrogen-bond acceptors (Lipinski definition) is 4. The number of aromatic nitrogens is 2. The van der Waals surface area contributed by atoms with Crippen molar-refractivity contribution in [3.63, 3.8) is 0 Å². The molecule has 0 saturated carbocycles. The molecule has 2 aromatic heterocycles. The van der Waals surface area contributed by atoms with Gasteiger partial charge >= 0.3 is 0 Å². The molecule has 0 saturated heterocycles. The van der Waals surface area contributed by atoms with Crippen LogP contribution in [0.1, 0.15) is 5.82 Å². The number of halogens is 1. The second kappa shape index (κ2) is 4.58. The molecule has 2 heterocycles. The first-order valence-corrected chi connectivity index (χ1v) is 6.46. The third-order valence-electron chi connectivity index (χ3n) is 2.22. The summed E-state index contributed by atoms with van der Waals surface area (Å²) in [6.45, 7) is 0. The Hall–Kier alpha value is -1.21. The SMILES string of the molecule is CN(C)C(=O)Cc1nc2cc(Br)sc2c(=O)[nH]1. The molecule has 0 fully saturated rings. The minimum absolute atomic E-state index is 0.0956. The number of aromatic amines is 1. The highest BCUT2D eigenvalue weighted by atomic mass is 79.9. The standard InChI is InChI=1S/C10H10BrN3O2S/c1-14(2)8(15)4-7-12-5-3-6(11)17-9(5)10(16)13-7/h3H,4H2,1-2H3,(H,12,13,16). The van der Waals surface area contributed by atoms with Gasteiger partial charge < -0.3 is 9.88 Å². The first-order chi connectivity index (χ1) is 7.97. The van der Waals surface area contributed by atoms with E-state index in [0.717, 1.165) is 3.79 Å². The molecule has 2 rings (SSSR count). The largest absolute Gasteiger partial charge is 0.348 e. The number of thiophene rings is 1. The van der Waals surface area contributed by atoms with Crippen molar-refractivity contribution in [2.75, 3.05) is 14.1 Å². The molecule has 1 amide bonds. The van der Waals surface area contributed by atoms with E-state index in [1.54, 1.807) is 20.2 Å². The number of amides is 1. The van der Waals surface area contributed by atoms with Gasteiger partial charge in [-0.25, -0.2) is 4.98 Å². The number of rotatable bonds is 2. The summed E-state index contributed by atoms with van der Waals surface area (Å²) in [5.41, 5.74) is 0.416. The third kappa shape index (κ3) is 2.55. The highest BCUT2D eigenvalue weighted by Crippen LogP contribution is 2.25. The Morgan fingerprint density at radius 2 is 2.29 bits per heavy atom. The smallest absolute Gasteiger partial charge is 0.268 e. The number of carbonyl (C=O) groups is 1. The van der Waals surface area contributed by atoms with Gasteiger partial charge in [0.15, 0.2) is 0 Å². The van der Waals surface area contributed by atoms with Gasteiger partial charge in [-0.3, -0.25) is 9.59 Å². The normalized spacial score (nSPS) is 10.8. The molecule has 90 valence electrons. The van der Waals surface area contributed by atoms with Crippen LogP contribution in [-0.4, -0.2) is 34.9 Å². The highest BCUT2D eigenvalue weighted by molar-refractivity contribution is 9.11. The number of fused-ring (bicyclic) bond motifs is 1. The van der Waals surface area contributed by atoms with E-state index < -0.39 is 0 Å². The lowest BCUT2D eigenvalue weighted by Gasteiger charge is -2.09. The molecular formula is C10H10BrN3O2S. The summed E-state index contributed by atoms with van der Waals surface area (Å²) in [6, 6.07) is 1.78. The maximum absolute atomic E-state index is 11.7. The topological polar surface area (TPSA) is 66.1 Å². The summed E-state index contributed by atoms with van der Waals surface area (Å²) in [5, 5.41) is 0. The van der Waals surface area contributed by atoms with Gasteiger partial charge in [-0.15, -0.1) is 11.3 Å². The third-order valence-corrected chi connectivity index (χ3v) is 3.85. The number of nitrogens with one attached hydrogen (secondary N) is 1. The van der Waals surface area contributed by atoms with Crippen molar-refractivity contribution >= 4 is 43.4 Å². The number of nitrogens with zero attached hydrogens (tertiary/aromatic N) is 2. The average Bonchev–Trinajstić information content (AvgIpc) is 2.59. The number of H-pyrrole nitrogens is 1. The van der Waals surface area contributed by atoms with E-state index in [9.17, 15) is 9.59 Å². The van der Waals surface area contributed by atoms with Crippen LogP contribution in [0.2, 0.25) is 0 Å². The van der Waals surface area contributed by atoms with Gasteiger partial charge in [-0.2, -0.15) is 0 Å². The van der Waals surface area contributed by atoms with Crippen molar-refractivity contribution in [1.29, 1.82) is 0 Å². The Morgan fingerprint density at radius 1 is 1.59 bits per heavy atom. The van der Waals surface area contributed by atoms with E-state index in [2.05, 4.69) is 25.9 Å². The Balaban J connectivity index is 2.43. The monoisotopic (exact) mass is 315 g/mol. The Morgan fingerprint density at radius 3 is 2.94 bits per heavy atom. The molecule has 0 radical (unpaired) electrons. The van der Waals surface area contributed by atoms with Crippen LogP contribution in [0.5, 0.6) is 0 Å². The van der Waals surface area contributed by atoms with Gasteiger partial charge in [0.2, 0.25) is 5.91 Å². The fourth-order valence-corrected chi connectivity index (χ4v) is 2.77. The predicted octanol–water partition coefficient (Wildman–Crippen LogP) is 1.38. The number of carbonyl (C=O) groups excluding carboxylic acids is 1. The summed E-state index contributed by atoms with van der Waals surface area (Å²) in [5.74, 6) is 0.299. The second-order valence-electron chi connectivity index (χ2n) is 3.74. The van der Waals surface area contributed by atoms with Gasteiger partial charge in [0.05, 0.1) is 15.7 Å². The van der Waals surface area contributed by atoms with E-state index in [1.165, 1.54) is 16.2 Å². The summed E-state index contributed by atoms with van der Waals surface area (Å²) in [7, 11) is 3.33. The van der Waals surface area contributed by atoms with Crippen LogP contribution < -0.4 is 5.56 Å². The fraction of sp³-hybridized carbons (Fsp3) is 0.300. The Bertz CT molecular complexity index is 632. The summed E-state index contributed by atoms with van der Waals surface area (Å²) in [6.07, 6.45) is 0.103. The fourth-order valence-electron chi connectivity index (χ4n) is 1.34. The quantitative estimate of drug-likeness (QED) is 0.910. The molecule has 2 aromatic rings. The molecule has 7 heteroatoms. The molecule has 0 unspecified atom stereocenters. The molecule has 0 bridgehead atoms. The minimum Gasteiger partial charge on any atom is -0.348 e. The average molecular weight is 316 g/mol. The lowest BCUT2D eigenvalue weighted by atomic mass is 10.3. The Labute approximate surface area is 110 Å². The van der Waals surface area contributed by atoms with Gasteiger partial charge in [-0.05, 0) is 22.0 Å². The predicted molar refractivity (Wildman–Crippen MR) is 70.3 cm³/mol. The maximum Gasteiger partial charge on any atom is 0.268 e. The molecule has 1 N–H and O–H groups in total. The summed E-state index contributed by atoms with van der Waals surface area (Å²) >= 11 is 4.64. The zero-order valence-corrected chi connectivity index (χ0v) is 11.7. The molecule has 0 aromatic carbocycles. The molecule has 0 aliphatic heterocycles. The summed E-state index contributed by atoms with van der Waals surface area (Å²) in [4.78, 5) is 31.6. The van der Waals surface area contributed by atoms with Crippen LogP contribution in [0.25, 0.3) is 10.2 Å². The van der Waals surface area contributed by atoms with Crippen molar-refractivity contribution in [1.82, 2.24) is 14.9 Å². The van der Waals surface area contributed by atoms with Crippen molar-refractivity contribution in [3.05, 3.63) is 26.0 Å². The van der Waals surface area contributed by atoms with Gasteiger partial charge in [0.25, 0.3) is 5.56 Å². The van der Waals surface area contributed by atoms with Crippen LogP contribution in [-0.2, 0) is 11.2 Å². The zero-order valence-electron chi connectivity index (χ0n) is 9.28. The molecule has 0 aliphatic carbocycles. The maximum atomic E-state index is 11.7. The number of hydrogen-bond donors (Lipinski definition) is 1. The van der Waals surface area contributed by atoms with Crippen LogP contribution in [0, 0.1) is 0 Å². The zero-order chi connectivity index (χ0) is 12.6. The van der Waals surface area contributed by atoms with Crippen molar-refractivity contribution in [3.8, 4) is 0 Å². The molecule has 0 spiro atoms. The van der Waals surface area contributed by atoms with Crippen molar-refractivity contribution in [2.24, 2.45) is 0 Å². The van der Waals surface area contributed by atoms with E-state index in [1.807, 2.05) is 0 Å². The molecule has 0 aliphatic rings. The highest BCUT2D eigenvalue weighted by Gasteiger charge is 2.11. The summed E-state index contributed by atoms with van der Waals surface area (Å²) < 4.78 is 1.42. The van der Waals surface area contributed by atoms with Crippen LogP contribution in [0.15, 0.2) is 14.6 Å². The Kier molecular flexibility index (Phi) is 3.30.